The summed E-state index contributed by atoms with van der Waals surface area (Å²) in [5.74, 6) is -0.645. The minimum Gasteiger partial charge on any atom is -0.465 e. The Morgan fingerprint density at radius 2 is 2.05 bits per heavy atom. The molecule has 1 N–H and O–H groups in total. The number of esters is 1. The first-order valence-electron chi connectivity index (χ1n) is 5.78. The molecule has 1 heterocycles. The third-order valence-electron chi connectivity index (χ3n) is 3.00. The van der Waals surface area contributed by atoms with Crippen LogP contribution in [0.15, 0.2) is 23.1 Å². The third-order valence-corrected chi connectivity index (χ3v) is 5.28. The van der Waals surface area contributed by atoms with Gasteiger partial charge in [-0.25, -0.2) is 13.2 Å². The zero-order valence-corrected chi connectivity index (χ0v) is 12.5. The number of β-amino-alcohol motifs (C(OH)–C–C–N with tert-alkyl or cyclic N) is 1. The van der Waals surface area contributed by atoms with E-state index in [0.29, 0.717) is 0 Å². The lowest BCUT2D eigenvalue weighted by atomic mass is 10.0. The molecule has 0 unspecified atom stereocenters. The second-order valence-electron chi connectivity index (χ2n) is 4.91. The summed E-state index contributed by atoms with van der Waals surface area (Å²) in [5, 5.41) is 9.65. The highest BCUT2D eigenvalue weighted by molar-refractivity contribution is 7.89. The summed E-state index contributed by atoms with van der Waals surface area (Å²) in [5.41, 5.74) is -0.928. The molecule has 0 spiro atoms. The van der Waals surface area contributed by atoms with Crippen molar-refractivity contribution >= 4 is 27.6 Å². The number of methoxy groups -OCH3 is 1. The molecule has 0 aromatic heterocycles. The average Bonchev–Trinajstić information content (AvgIpc) is 2.35. The molecule has 8 heteroatoms. The van der Waals surface area contributed by atoms with Crippen molar-refractivity contribution in [3.8, 4) is 0 Å². The zero-order valence-electron chi connectivity index (χ0n) is 11.0. The Balaban J connectivity index is 2.39. The van der Waals surface area contributed by atoms with E-state index >= 15 is 0 Å². The monoisotopic (exact) mass is 319 g/mol. The molecule has 0 atom stereocenters. The molecule has 110 valence electrons. The van der Waals surface area contributed by atoms with Gasteiger partial charge in [0.1, 0.15) is 4.90 Å². The Morgan fingerprint density at radius 3 is 2.55 bits per heavy atom. The van der Waals surface area contributed by atoms with Crippen LogP contribution in [0.25, 0.3) is 0 Å². The van der Waals surface area contributed by atoms with E-state index in [2.05, 4.69) is 4.74 Å². The summed E-state index contributed by atoms with van der Waals surface area (Å²) in [7, 11) is -2.63. The predicted octanol–water partition coefficient (Wildman–Crippen LogP) is 0.882. The van der Waals surface area contributed by atoms with Crippen LogP contribution in [0.4, 0.5) is 0 Å². The molecule has 20 heavy (non-hydrogen) atoms. The number of sulfonamides is 1. The minimum atomic E-state index is -3.83. The Bertz CT molecular complexity index is 648. The van der Waals surface area contributed by atoms with E-state index in [0.717, 1.165) is 4.31 Å². The van der Waals surface area contributed by atoms with Gasteiger partial charge in [-0.2, -0.15) is 4.31 Å². The van der Waals surface area contributed by atoms with Gasteiger partial charge in [-0.1, -0.05) is 11.6 Å². The summed E-state index contributed by atoms with van der Waals surface area (Å²) >= 11 is 5.90. The van der Waals surface area contributed by atoms with E-state index in [1.54, 1.807) is 6.92 Å². The van der Waals surface area contributed by atoms with Crippen LogP contribution in [0.1, 0.15) is 17.3 Å². The van der Waals surface area contributed by atoms with Gasteiger partial charge >= 0.3 is 5.97 Å². The number of nitrogens with zero attached hydrogens (tertiary/aromatic N) is 1. The molecule has 0 bridgehead atoms. The van der Waals surface area contributed by atoms with Gasteiger partial charge in [-0.05, 0) is 25.1 Å². The van der Waals surface area contributed by atoms with Gasteiger partial charge in [-0.3, -0.25) is 0 Å². The standard InChI is InChI=1S/C12H14ClNO5S/c1-12(16)6-14(7-12)20(17,18)10-5-8(11(15)19-2)3-4-9(10)13/h3-5,16H,6-7H2,1-2H3. The summed E-state index contributed by atoms with van der Waals surface area (Å²) in [4.78, 5) is 11.3. The first-order chi connectivity index (χ1) is 9.17. The molecule has 6 nitrogen and oxygen atoms in total. The Kier molecular flexibility index (Phi) is 3.81. The lowest BCUT2D eigenvalue weighted by molar-refractivity contribution is -0.0426. The number of carbonyl (C=O) groups is 1. The summed E-state index contributed by atoms with van der Waals surface area (Å²) < 4.78 is 30.4. The van der Waals surface area contributed by atoms with E-state index in [1.165, 1.54) is 25.3 Å². The molecule has 1 aromatic rings. The van der Waals surface area contributed by atoms with Gasteiger partial charge < -0.3 is 9.84 Å². The fourth-order valence-electron chi connectivity index (χ4n) is 1.97. The van der Waals surface area contributed by atoms with Gasteiger partial charge in [0.2, 0.25) is 10.0 Å². The van der Waals surface area contributed by atoms with Crippen molar-refractivity contribution < 1.29 is 23.1 Å². The van der Waals surface area contributed by atoms with Crippen LogP contribution in [0.3, 0.4) is 0 Å². The highest BCUT2D eigenvalue weighted by Crippen LogP contribution is 2.31. The van der Waals surface area contributed by atoms with Crippen LogP contribution in [-0.4, -0.2) is 49.6 Å². The van der Waals surface area contributed by atoms with Gasteiger partial charge in [0.25, 0.3) is 0 Å². The first kappa shape index (κ1) is 15.2. The van der Waals surface area contributed by atoms with Crippen LogP contribution in [0, 0.1) is 0 Å². The fraction of sp³-hybridized carbons (Fsp3) is 0.417. The average molecular weight is 320 g/mol. The molecular formula is C12H14ClNO5S. The van der Waals surface area contributed by atoms with Crippen LogP contribution in [-0.2, 0) is 14.8 Å². The Hall–Kier alpha value is -1.15. The van der Waals surface area contributed by atoms with Crippen LogP contribution in [0.2, 0.25) is 5.02 Å². The first-order valence-corrected chi connectivity index (χ1v) is 7.59. The maximum atomic E-state index is 12.4. The SMILES string of the molecule is COC(=O)c1ccc(Cl)c(S(=O)(=O)N2CC(C)(O)C2)c1. The third kappa shape index (κ3) is 2.67. The topological polar surface area (TPSA) is 83.9 Å². The molecular weight excluding hydrogens is 306 g/mol. The highest BCUT2D eigenvalue weighted by Gasteiger charge is 2.44. The van der Waals surface area contributed by atoms with Crippen molar-refractivity contribution in [1.29, 1.82) is 0 Å². The number of aliphatic hydroxyl groups is 1. The highest BCUT2D eigenvalue weighted by atomic mass is 35.5. The van der Waals surface area contributed by atoms with Crippen molar-refractivity contribution in [3.63, 3.8) is 0 Å². The normalized spacial score (nSPS) is 18.4. The van der Waals surface area contributed by atoms with Gasteiger partial charge in [0, 0.05) is 13.1 Å². The molecule has 0 amide bonds. The molecule has 0 radical (unpaired) electrons. The van der Waals surface area contributed by atoms with E-state index in [-0.39, 0.29) is 28.6 Å². The second kappa shape index (κ2) is 5.00. The fourth-order valence-corrected chi connectivity index (χ4v) is 4.14. The van der Waals surface area contributed by atoms with Crippen LogP contribution < -0.4 is 0 Å². The molecule has 0 saturated carbocycles. The van der Waals surface area contributed by atoms with Crippen molar-refractivity contribution in [2.45, 2.75) is 17.4 Å². The van der Waals surface area contributed by atoms with Crippen molar-refractivity contribution in [2.75, 3.05) is 20.2 Å². The lowest BCUT2D eigenvalue weighted by Gasteiger charge is -2.42. The van der Waals surface area contributed by atoms with Crippen LogP contribution in [0.5, 0.6) is 0 Å². The second-order valence-corrected chi connectivity index (χ2v) is 7.22. The van der Waals surface area contributed by atoms with E-state index in [4.69, 9.17) is 11.6 Å². The van der Waals surface area contributed by atoms with E-state index < -0.39 is 21.6 Å². The van der Waals surface area contributed by atoms with Crippen LogP contribution >= 0.6 is 11.6 Å². The van der Waals surface area contributed by atoms with Gasteiger partial charge in [0.15, 0.2) is 0 Å². The molecule has 1 saturated heterocycles. The largest absolute Gasteiger partial charge is 0.465 e. The number of hydrogen-bond donors (Lipinski definition) is 1. The summed E-state index contributed by atoms with van der Waals surface area (Å²) in [6, 6.07) is 3.90. The molecule has 1 aliphatic rings. The molecule has 1 aliphatic heterocycles. The zero-order chi connectivity index (χ0) is 15.1. The maximum Gasteiger partial charge on any atom is 0.337 e. The number of carbonyl (C=O) groups excluding carboxylic acids is 1. The number of hydrogen-bond acceptors (Lipinski definition) is 5. The number of benzene rings is 1. The minimum absolute atomic E-state index is 0.00584. The number of rotatable bonds is 3. The van der Waals surface area contributed by atoms with E-state index in [1.807, 2.05) is 0 Å². The lowest BCUT2D eigenvalue weighted by Crippen LogP contribution is -2.61. The molecule has 1 fully saturated rings. The van der Waals surface area contributed by atoms with Crippen molar-refractivity contribution in [2.24, 2.45) is 0 Å². The molecule has 1 aromatic carbocycles. The predicted molar refractivity (Wildman–Crippen MR) is 72.2 cm³/mol. The molecule has 0 aliphatic carbocycles. The smallest absolute Gasteiger partial charge is 0.337 e. The maximum absolute atomic E-state index is 12.4. The van der Waals surface area contributed by atoms with Crippen molar-refractivity contribution in [3.05, 3.63) is 28.8 Å². The Morgan fingerprint density at radius 1 is 1.45 bits per heavy atom. The number of halogens is 1. The quantitative estimate of drug-likeness (QED) is 0.836. The molecule has 2 rings (SSSR count). The summed E-state index contributed by atoms with van der Waals surface area (Å²) in [6.07, 6.45) is 0. The van der Waals surface area contributed by atoms with Gasteiger partial charge in [0.05, 0.1) is 23.3 Å². The van der Waals surface area contributed by atoms with Crippen molar-refractivity contribution in [1.82, 2.24) is 4.31 Å². The Labute approximate surface area is 122 Å². The van der Waals surface area contributed by atoms with Gasteiger partial charge in [-0.15, -0.1) is 0 Å². The van der Waals surface area contributed by atoms with E-state index in [9.17, 15) is 18.3 Å². The summed E-state index contributed by atoms with van der Waals surface area (Å²) in [6.45, 7) is 1.54. The number of ether oxygens (including phenoxy) is 1.